The summed E-state index contributed by atoms with van der Waals surface area (Å²) in [6.07, 6.45) is 4.67. The number of aromatic nitrogens is 1. The molecule has 2 N–H and O–H groups in total. The van der Waals surface area contributed by atoms with E-state index in [1.807, 2.05) is 7.05 Å². The molecule has 0 aliphatic heterocycles. The monoisotopic (exact) mass is 249 g/mol. The Balaban J connectivity index is 2.51. The maximum atomic E-state index is 5.80. The predicted octanol–water partition coefficient (Wildman–Crippen LogP) is 2.05. The van der Waals surface area contributed by atoms with Crippen LogP contribution in [0.1, 0.15) is 36.6 Å². The fourth-order valence-electron chi connectivity index (χ4n) is 2.24. The third-order valence-corrected chi connectivity index (χ3v) is 3.60. The Morgan fingerprint density at radius 1 is 1.47 bits per heavy atom. The van der Waals surface area contributed by atoms with E-state index < -0.39 is 0 Å². The molecule has 0 saturated carbocycles. The zero-order valence-corrected chi connectivity index (χ0v) is 11.3. The van der Waals surface area contributed by atoms with Gasteiger partial charge in [0.1, 0.15) is 10.8 Å². The summed E-state index contributed by atoms with van der Waals surface area (Å²) < 4.78 is 0. The highest BCUT2D eigenvalue weighted by Crippen LogP contribution is 2.26. The van der Waals surface area contributed by atoms with Gasteiger partial charge in [0.15, 0.2) is 0 Å². The average Bonchev–Trinajstić information content (AvgIpc) is 2.36. The highest BCUT2D eigenvalue weighted by molar-refractivity contribution is 7.80. The van der Waals surface area contributed by atoms with Crippen molar-refractivity contribution < 1.29 is 0 Å². The lowest BCUT2D eigenvalue weighted by Crippen LogP contribution is -2.24. The second kappa shape index (κ2) is 5.00. The molecule has 4 heteroatoms. The van der Waals surface area contributed by atoms with E-state index in [0.29, 0.717) is 4.99 Å². The van der Waals surface area contributed by atoms with Crippen LogP contribution < -0.4 is 10.6 Å². The minimum absolute atomic E-state index is 0.446. The Hall–Kier alpha value is -1.16. The zero-order chi connectivity index (χ0) is 12.4. The van der Waals surface area contributed by atoms with Crippen molar-refractivity contribution in [3.05, 3.63) is 22.9 Å². The predicted molar refractivity (Wildman–Crippen MR) is 75.7 cm³/mol. The van der Waals surface area contributed by atoms with Gasteiger partial charge in [0.2, 0.25) is 0 Å². The number of thiocarbonyl (C=S) groups is 1. The van der Waals surface area contributed by atoms with Gasteiger partial charge < -0.3 is 10.6 Å². The van der Waals surface area contributed by atoms with Crippen molar-refractivity contribution >= 4 is 23.0 Å². The molecule has 92 valence electrons. The van der Waals surface area contributed by atoms with E-state index in [1.54, 1.807) is 0 Å². The third kappa shape index (κ3) is 2.41. The summed E-state index contributed by atoms with van der Waals surface area (Å²) in [5, 5.41) is 0. The molecule has 3 nitrogen and oxygen atoms in total. The van der Waals surface area contributed by atoms with E-state index in [0.717, 1.165) is 30.8 Å². The van der Waals surface area contributed by atoms with Crippen LogP contribution in [-0.4, -0.2) is 23.6 Å². The molecule has 1 aromatic rings. The fraction of sp³-hybridized carbons (Fsp3) is 0.538. The fourth-order valence-corrected chi connectivity index (χ4v) is 2.40. The number of anilines is 1. The third-order valence-electron chi connectivity index (χ3n) is 3.38. The molecule has 1 aliphatic carbocycles. The SMILES string of the molecule is CCN(C)c1nc2c(cc1C(N)=S)CCCC2. The molecule has 1 aliphatic rings. The highest BCUT2D eigenvalue weighted by atomic mass is 32.1. The first-order valence-corrected chi connectivity index (χ1v) is 6.58. The van der Waals surface area contributed by atoms with E-state index in [-0.39, 0.29) is 0 Å². The van der Waals surface area contributed by atoms with Crippen molar-refractivity contribution in [3.8, 4) is 0 Å². The Bertz CT molecular complexity index is 443. The van der Waals surface area contributed by atoms with Crippen LogP contribution in [0.25, 0.3) is 0 Å². The van der Waals surface area contributed by atoms with E-state index in [4.69, 9.17) is 22.9 Å². The summed E-state index contributed by atoms with van der Waals surface area (Å²) in [7, 11) is 2.03. The van der Waals surface area contributed by atoms with Crippen molar-refractivity contribution in [1.82, 2.24) is 4.98 Å². The minimum Gasteiger partial charge on any atom is -0.389 e. The van der Waals surface area contributed by atoms with Crippen molar-refractivity contribution in [2.45, 2.75) is 32.6 Å². The summed E-state index contributed by atoms with van der Waals surface area (Å²) >= 11 is 5.13. The van der Waals surface area contributed by atoms with Crippen LogP contribution >= 0.6 is 12.2 Å². The van der Waals surface area contributed by atoms with Crippen LogP contribution in [0.3, 0.4) is 0 Å². The zero-order valence-electron chi connectivity index (χ0n) is 10.5. The lowest BCUT2D eigenvalue weighted by molar-refractivity contribution is 0.666. The Labute approximate surface area is 108 Å². The maximum Gasteiger partial charge on any atom is 0.138 e. The molecule has 0 radical (unpaired) electrons. The first-order valence-electron chi connectivity index (χ1n) is 6.17. The number of nitrogens with zero attached hydrogens (tertiary/aromatic N) is 2. The quantitative estimate of drug-likeness (QED) is 0.833. The van der Waals surface area contributed by atoms with Crippen LogP contribution in [0.4, 0.5) is 5.82 Å². The number of rotatable bonds is 3. The summed E-state index contributed by atoms with van der Waals surface area (Å²) in [6.45, 7) is 3.01. The number of hydrogen-bond donors (Lipinski definition) is 1. The van der Waals surface area contributed by atoms with E-state index in [2.05, 4.69) is 17.9 Å². The van der Waals surface area contributed by atoms with Crippen LogP contribution in [0.5, 0.6) is 0 Å². The first kappa shape index (κ1) is 12.3. The molecule has 0 aromatic carbocycles. The molecule has 0 saturated heterocycles. The molecule has 0 amide bonds. The summed E-state index contributed by atoms with van der Waals surface area (Å²) in [5.74, 6) is 0.931. The van der Waals surface area contributed by atoms with Gasteiger partial charge in [-0.2, -0.15) is 0 Å². The molecular formula is C13H19N3S. The molecule has 2 rings (SSSR count). The molecule has 0 fully saturated rings. The van der Waals surface area contributed by atoms with Gasteiger partial charge in [0.05, 0.1) is 5.56 Å². The number of aryl methyl sites for hydroxylation is 2. The van der Waals surface area contributed by atoms with Gasteiger partial charge in [-0.25, -0.2) is 4.98 Å². The lowest BCUT2D eigenvalue weighted by atomic mass is 9.94. The second-order valence-corrected chi connectivity index (χ2v) is 4.99. The van der Waals surface area contributed by atoms with Gasteiger partial charge in [-0.05, 0) is 44.2 Å². The molecule has 0 bridgehead atoms. The summed E-state index contributed by atoms with van der Waals surface area (Å²) in [5.41, 5.74) is 9.28. The second-order valence-electron chi connectivity index (χ2n) is 4.55. The average molecular weight is 249 g/mol. The topological polar surface area (TPSA) is 42.2 Å². The van der Waals surface area contributed by atoms with Crippen LogP contribution in [-0.2, 0) is 12.8 Å². The number of nitrogens with two attached hydrogens (primary N) is 1. The molecule has 17 heavy (non-hydrogen) atoms. The number of pyridine rings is 1. The van der Waals surface area contributed by atoms with Gasteiger partial charge >= 0.3 is 0 Å². The highest BCUT2D eigenvalue weighted by Gasteiger charge is 2.17. The van der Waals surface area contributed by atoms with Crippen molar-refractivity contribution in [1.29, 1.82) is 0 Å². The van der Waals surface area contributed by atoms with Crippen LogP contribution in [0, 0.1) is 0 Å². The largest absolute Gasteiger partial charge is 0.389 e. The first-order chi connectivity index (χ1) is 8.13. The summed E-state index contributed by atoms with van der Waals surface area (Å²) in [6, 6.07) is 2.14. The van der Waals surface area contributed by atoms with E-state index in [1.165, 1.54) is 24.1 Å². The Morgan fingerprint density at radius 3 is 2.82 bits per heavy atom. The van der Waals surface area contributed by atoms with Crippen molar-refractivity contribution in [2.24, 2.45) is 5.73 Å². The Morgan fingerprint density at radius 2 is 2.18 bits per heavy atom. The van der Waals surface area contributed by atoms with Crippen molar-refractivity contribution in [3.63, 3.8) is 0 Å². The smallest absolute Gasteiger partial charge is 0.138 e. The summed E-state index contributed by atoms with van der Waals surface area (Å²) in [4.78, 5) is 7.31. The minimum atomic E-state index is 0.446. The molecule has 0 spiro atoms. The van der Waals surface area contributed by atoms with Gasteiger partial charge in [-0.15, -0.1) is 0 Å². The van der Waals surface area contributed by atoms with Gasteiger partial charge in [0.25, 0.3) is 0 Å². The Kier molecular flexibility index (Phi) is 3.62. The molecular weight excluding hydrogens is 230 g/mol. The van der Waals surface area contributed by atoms with Crippen molar-refractivity contribution in [2.75, 3.05) is 18.5 Å². The normalized spacial score (nSPS) is 14.2. The number of fused-ring (bicyclic) bond motifs is 1. The van der Waals surface area contributed by atoms with Crippen LogP contribution in [0.2, 0.25) is 0 Å². The van der Waals surface area contributed by atoms with Gasteiger partial charge in [0, 0.05) is 19.3 Å². The molecule has 1 aromatic heterocycles. The lowest BCUT2D eigenvalue weighted by Gasteiger charge is -2.23. The van der Waals surface area contributed by atoms with Gasteiger partial charge in [-0.1, -0.05) is 12.2 Å². The molecule has 0 unspecified atom stereocenters. The molecule has 0 atom stereocenters. The van der Waals surface area contributed by atoms with Gasteiger partial charge in [-0.3, -0.25) is 0 Å². The number of hydrogen-bond acceptors (Lipinski definition) is 3. The standard InChI is InChI=1S/C13H19N3S/c1-3-16(2)13-10(12(14)17)8-9-6-4-5-7-11(9)15-13/h8H,3-7H2,1-2H3,(H2,14,17). The van der Waals surface area contributed by atoms with E-state index in [9.17, 15) is 0 Å². The van der Waals surface area contributed by atoms with E-state index >= 15 is 0 Å². The maximum absolute atomic E-state index is 5.80. The van der Waals surface area contributed by atoms with Crippen LogP contribution in [0.15, 0.2) is 6.07 Å². The molecule has 1 heterocycles.